The van der Waals surface area contributed by atoms with Crippen molar-refractivity contribution in [2.45, 2.75) is 79.1 Å². The van der Waals surface area contributed by atoms with Crippen molar-refractivity contribution in [2.75, 3.05) is 0 Å². The van der Waals surface area contributed by atoms with Gasteiger partial charge in [-0.3, -0.25) is 4.79 Å². The number of hydrogen-bond acceptors (Lipinski definition) is 2. The lowest BCUT2D eigenvalue weighted by Gasteiger charge is -2.20. The van der Waals surface area contributed by atoms with Gasteiger partial charge in [-0.15, -0.1) is 6.58 Å². The van der Waals surface area contributed by atoms with Crippen LogP contribution in [0.15, 0.2) is 54.6 Å². The standard InChI is InChI=1S/C26H38O2/c1-6-8-9-10-11-14-25(27)28-24-17-15-23(16-18-24)19-21-26(5,7-2)20-12-13-22(3)4/h7,13,15-19,21H,2,6,8-12,14,20H2,1,3-5H3/b21-19+/t26-/m1/s1. The molecule has 0 saturated carbocycles. The summed E-state index contributed by atoms with van der Waals surface area (Å²) in [6.07, 6.45) is 16.8. The third-order valence-corrected chi connectivity index (χ3v) is 4.95. The lowest BCUT2D eigenvalue weighted by Crippen LogP contribution is -2.08. The zero-order chi connectivity index (χ0) is 20.8. The zero-order valence-electron chi connectivity index (χ0n) is 18.3. The third-order valence-electron chi connectivity index (χ3n) is 4.95. The van der Waals surface area contributed by atoms with Crippen LogP contribution >= 0.6 is 0 Å². The van der Waals surface area contributed by atoms with E-state index in [9.17, 15) is 4.79 Å². The predicted octanol–water partition coefficient (Wildman–Crippen LogP) is 7.90. The predicted molar refractivity (Wildman–Crippen MR) is 121 cm³/mol. The van der Waals surface area contributed by atoms with E-state index in [-0.39, 0.29) is 11.4 Å². The first-order valence-corrected chi connectivity index (χ1v) is 10.7. The molecule has 0 radical (unpaired) electrons. The van der Waals surface area contributed by atoms with E-state index in [0.717, 1.165) is 31.2 Å². The summed E-state index contributed by atoms with van der Waals surface area (Å²) in [6, 6.07) is 7.70. The highest BCUT2D eigenvalue weighted by Crippen LogP contribution is 2.28. The van der Waals surface area contributed by atoms with Gasteiger partial charge in [-0.25, -0.2) is 0 Å². The van der Waals surface area contributed by atoms with Crippen LogP contribution in [0.1, 0.15) is 84.6 Å². The van der Waals surface area contributed by atoms with Gasteiger partial charge in [-0.2, -0.15) is 0 Å². The first-order valence-electron chi connectivity index (χ1n) is 10.7. The highest BCUT2D eigenvalue weighted by atomic mass is 16.5. The van der Waals surface area contributed by atoms with Crippen molar-refractivity contribution < 1.29 is 9.53 Å². The molecule has 0 amide bonds. The lowest BCUT2D eigenvalue weighted by molar-refractivity contribution is -0.134. The lowest BCUT2D eigenvalue weighted by atomic mass is 9.84. The normalized spacial score (nSPS) is 13.1. The highest BCUT2D eigenvalue weighted by Gasteiger charge is 2.15. The summed E-state index contributed by atoms with van der Waals surface area (Å²) in [6.45, 7) is 12.6. The SMILES string of the molecule is C=C[C@@](C)(/C=C/c1ccc(OC(=O)CCCCCCC)cc1)CCC=C(C)C. The Hall–Kier alpha value is -2.09. The number of esters is 1. The monoisotopic (exact) mass is 382 g/mol. The molecule has 28 heavy (non-hydrogen) atoms. The summed E-state index contributed by atoms with van der Waals surface area (Å²) in [5, 5.41) is 0. The van der Waals surface area contributed by atoms with Crippen molar-refractivity contribution >= 4 is 12.0 Å². The maximum absolute atomic E-state index is 11.9. The maximum atomic E-state index is 11.9. The quantitative estimate of drug-likeness (QED) is 0.150. The van der Waals surface area contributed by atoms with Crippen molar-refractivity contribution in [1.29, 1.82) is 0 Å². The molecule has 0 unspecified atom stereocenters. The highest BCUT2D eigenvalue weighted by molar-refractivity contribution is 5.72. The Morgan fingerprint density at radius 3 is 2.39 bits per heavy atom. The Labute approximate surface area is 172 Å². The molecule has 0 bridgehead atoms. The van der Waals surface area contributed by atoms with Crippen LogP contribution in [-0.4, -0.2) is 5.97 Å². The molecule has 1 rings (SSSR count). The number of carbonyl (C=O) groups is 1. The molecule has 0 aliphatic rings. The van der Waals surface area contributed by atoms with Crippen molar-refractivity contribution in [1.82, 2.24) is 0 Å². The second-order valence-corrected chi connectivity index (χ2v) is 8.07. The van der Waals surface area contributed by atoms with Gasteiger partial charge in [0.15, 0.2) is 0 Å². The van der Waals surface area contributed by atoms with E-state index in [1.807, 2.05) is 30.3 Å². The van der Waals surface area contributed by atoms with Gasteiger partial charge < -0.3 is 4.74 Å². The van der Waals surface area contributed by atoms with Crippen LogP contribution in [0.4, 0.5) is 0 Å². The fourth-order valence-electron chi connectivity index (χ4n) is 2.91. The van der Waals surface area contributed by atoms with Crippen LogP contribution in [0.5, 0.6) is 5.75 Å². The molecule has 2 heteroatoms. The summed E-state index contributed by atoms with van der Waals surface area (Å²) >= 11 is 0. The van der Waals surface area contributed by atoms with Crippen LogP contribution in [0.2, 0.25) is 0 Å². The van der Waals surface area contributed by atoms with Crippen molar-refractivity contribution in [2.24, 2.45) is 5.41 Å². The fourth-order valence-corrected chi connectivity index (χ4v) is 2.91. The molecule has 0 fully saturated rings. The van der Waals surface area contributed by atoms with Crippen LogP contribution in [0.25, 0.3) is 6.08 Å². The minimum atomic E-state index is -0.140. The Morgan fingerprint density at radius 1 is 1.11 bits per heavy atom. The summed E-state index contributed by atoms with van der Waals surface area (Å²) in [5.41, 5.74) is 2.41. The number of ether oxygens (including phenoxy) is 1. The van der Waals surface area contributed by atoms with Crippen LogP contribution < -0.4 is 4.74 Å². The summed E-state index contributed by atoms with van der Waals surface area (Å²) in [5.74, 6) is 0.476. The molecule has 2 nitrogen and oxygen atoms in total. The van der Waals surface area contributed by atoms with Gasteiger partial charge in [0.05, 0.1) is 0 Å². The molecular formula is C26H38O2. The number of allylic oxidation sites excluding steroid dienone is 4. The number of hydrogen-bond donors (Lipinski definition) is 0. The fraction of sp³-hybridized carbons (Fsp3) is 0.500. The average molecular weight is 383 g/mol. The minimum absolute atomic E-state index is 0.0329. The van der Waals surface area contributed by atoms with Crippen molar-refractivity contribution in [3.8, 4) is 5.75 Å². The molecule has 1 atom stereocenters. The van der Waals surface area contributed by atoms with Gasteiger partial charge in [0.25, 0.3) is 0 Å². The summed E-state index contributed by atoms with van der Waals surface area (Å²) < 4.78 is 5.43. The molecule has 0 aliphatic carbocycles. The van der Waals surface area contributed by atoms with Crippen LogP contribution in [0.3, 0.4) is 0 Å². The second kappa shape index (κ2) is 13.1. The second-order valence-electron chi connectivity index (χ2n) is 8.07. The smallest absolute Gasteiger partial charge is 0.311 e. The number of unbranched alkanes of at least 4 members (excludes halogenated alkanes) is 4. The molecular weight excluding hydrogens is 344 g/mol. The molecule has 0 N–H and O–H groups in total. The number of benzene rings is 1. The molecule has 1 aromatic rings. The molecule has 0 heterocycles. The summed E-state index contributed by atoms with van der Waals surface area (Å²) in [7, 11) is 0. The van der Waals surface area contributed by atoms with Crippen LogP contribution in [-0.2, 0) is 4.79 Å². The topological polar surface area (TPSA) is 26.3 Å². The Kier molecular flexibility index (Phi) is 11.2. The average Bonchev–Trinajstić information content (AvgIpc) is 2.67. The molecule has 0 saturated heterocycles. The van der Waals surface area contributed by atoms with E-state index in [0.29, 0.717) is 12.2 Å². The number of carbonyl (C=O) groups excluding carboxylic acids is 1. The first-order chi connectivity index (χ1) is 13.4. The summed E-state index contributed by atoms with van der Waals surface area (Å²) in [4.78, 5) is 11.9. The van der Waals surface area contributed by atoms with E-state index in [4.69, 9.17) is 4.74 Å². The number of rotatable bonds is 13. The van der Waals surface area contributed by atoms with E-state index < -0.39 is 0 Å². The van der Waals surface area contributed by atoms with Gasteiger partial charge >= 0.3 is 5.97 Å². The van der Waals surface area contributed by atoms with Crippen LogP contribution in [0, 0.1) is 5.41 Å². The van der Waals surface area contributed by atoms with Gasteiger partial charge in [0.2, 0.25) is 0 Å². The maximum Gasteiger partial charge on any atom is 0.311 e. The van der Waals surface area contributed by atoms with Gasteiger partial charge in [0.1, 0.15) is 5.75 Å². The van der Waals surface area contributed by atoms with E-state index in [2.05, 4.69) is 52.5 Å². The van der Waals surface area contributed by atoms with Crippen molar-refractivity contribution in [3.05, 3.63) is 60.2 Å². The van der Waals surface area contributed by atoms with E-state index in [1.54, 1.807) is 0 Å². The molecule has 0 spiro atoms. The zero-order valence-corrected chi connectivity index (χ0v) is 18.3. The molecule has 0 aromatic heterocycles. The minimum Gasteiger partial charge on any atom is -0.427 e. The largest absolute Gasteiger partial charge is 0.427 e. The van der Waals surface area contributed by atoms with Gasteiger partial charge in [-0.05, 0) is 50.8 Å². The molecule has 1 aromatic carbocycles. The third kappa shape index (κ3) is 10.3. The van der Waals surface area contributed by atoms with Crippen molar-refractivity contribution in [3.63, 3.8) is 0 Å². The van der Waals surface area contributed by atoms with E-state index >= 15 is 0 Å². The molecule has 154 valence electrons. The molecule has 0 aliphatic heterocycles. The van der Waals surface area contributed by atoms with Gasteiger partial charge in [-0.1, -0.05) is 81.5 Å². The Morgan fingerprint density at radius 2 is 1.79 bits per heavy atom. The first kappa shape index (κ1) is 23.9. The Bertz CT molecular complexity index is 648. The van der Waals surface area contributed by atoms with E-state index in [1.165, 1.54) is 24.8 Å². The Balaban J connectivity index is 2.52. The van der Waals surface area contributed by atoms with Gasteiger partial charge in [0, 0.05) is 11.8 Å².